The predicted octanol–water partition coefficient (Wildman–Crippen LogP) is 2.67. The van der Waals surface area contributed by atoms with Crippen LogP contribution in [0.5, 0.6) is 0 Å². The van der Waals surface area contributed by atoms with Crippen LogP contribution in [-0.4, -0.2) is 34.9 Å². The van der Waals surface area contributed by atoms with E-state index in [0.29, 0.717) is 18.7 Å². The van der Waals surface area contributed by atoms with E-state index >= 15 is 0 Å². The average Bonchev–Trinajstić information content (AvgIpc) is 2.45. The standard InChI is InChI=1S/C15H22N4O/c1-4-8-17-13-6-9-18-14(11-13)15(20)19(12(2)3)10-5-7-16/h6,9,11-12H,4-5,8,10H2,1-3H3,(H,17,18). The first-order valence-corrected chi connectivity index (χ1v) is 6.98. The molecule has 1 N–H and O–H groups in total. The molecule has 0 aliphatic rings. The van der Waals surface area contributed by atoms with Crippen molar-refractivity contribution in [1.82, 2.24) is 9.88 Å². The van der Waals surface area contributed by atoms with Gasteiger partial charge in [0.05, 0.1) is 12.5 Å². The molecule has 1 heterocycles. The van der Waals surface area contributed by atoms with E-state index in [1.165, 1.54) is 0 Å². The summed E-state index contributed by atoms with van der Waals surface area (Å²) in [4.78, 5) is 18.3. The van der Waals surface area contributed by atoms with Gasteiger partial charge in [-0.05, 0) is 32.4 Å². The highest BCUT2D eigenvalue weighted by Gasteiger charge is 2.19. The van der Waals surface area contributed by atoms with Crippen molar-refractivity contribution in [3.8, 4) is 6.07 Å². The number of carbonyl (C=O) groups is 1. The molecule has 0 fully saturated rings. The van der Waals surface area contributed by atoms with E-state index in [1.807, 2.05) is 19.9 Å². The first kappa shape index (κ1) is 16.0. The van der Waals surface area contributed by atoms with Crippen LogP contribution in [0.4, 0.5) is 5.69 Å². The van der Waals surface area contributed by atoms with Crippen LogP contribution in [0.2, 0.25) is 0 Å². The normalized spacial score (nSPS) is 10.2. The Balaban J connectivity index is 2.85. The quantitative estimate of drug-likeness (QED) is 0.830. The van der Waals surface area contributed by atoms with Gasteiger partial charge < -0.3 is 10.2 Å². The lowest BCUT2D eigenvalue weighted by Gasteiger charge is -2.25. The number of pyridine rings is 1. The number of aromatic nitrogens is 1. The minimum atomic E-state index is -0.129. The molecule has 0 radical (unpaired) electrons. The molecule has 0 saturated heterocycles. The van der Waals surface area contributed by atoms with E-state index in [-0.39, 0.29) is 11.9 Å². The fraction of sp³-hybridized carbons (Fsp3) is 0.533. The van der Waals surface area contributed by atoms with Crippen molar-refractivity contribution >= 4 is 11.6 Å². The van der Waals surface area contributed by atoms with E-state index in [4.69, 9.17) is 5.26 Å². The zero-order chi connectivity index (χ0) is 15.0. The van der Waals surface area contributed by atoms with Crippen LogP contribution in [0, 0.1) is 11.3 Å². The molecule has 0 aliphatic carbocycles. The van der Waals surface area contributed by atoms with Crippen molar-refractivity contribution in [2.45, 2.75) is 39.7 Å². The third kappa shape index (κ3) is 4.54. The number of nitriles is 1. The summed E-state index contributed by atoms with van der Waals surface area (Å²) in [5.41, 5.74) is 1.31. The van der Waals surface area contributed by atoms with Crippen LogP contribution < -0.4 is 5.32 Å². The summed E-state index contributed by atoms with van der Waals surface area (Å²) in [6, 6.07) is 5.73. The van der Waals surface area contributed by atoms with Crippen LogP contribution >= 0.6 is 0 Å². The van der Waals surface area contributed by atoms with Gasteiger partial charge in [0.2, 0.25) is 0 Å². The van der Waals surface area contributed by atoms with Crippen molar-refractivity contribution in [3.63, 3.8) is 0 Å². The van der Waals surface area contributed by atoms with Crippen molar-refractivity contribution in [3.05, 3.63) is 24.0 Å². The maximum atomic E-state index is 12.4. The van der Waals surface area contributed by atoms with Gasteiger partial charge in [0.25, 0.3) is 5.91 Å². The SMILES string of the molecule is CCCNc1ccnc(C(=O)N(CCC#N)C(C)C)c1. The molecule has 20 heavy (non-hydrogen) atoms. The molecule has 0 spiro atoms. The third-order valence-corrected chi connectivity index (χ3v) is 2.91. The van der Waals surface area contributed by atoms with E-state index in [9.17, 15) is 4.79 Å². The Morgan fingerprint density at radius 3 is 2.90 bits per heavy atom. The van der Waals surface area contributed by atoms with Crippen LogP contribution in [-0.2, 0) is 0 Å². The lowest BCUT2D eigenvalue weighted by Crippen LogP contribution is -2.38. The Morgan fingerprint density at radius 1 is 1.55 bits per heavy atom. The highest BCUT2D eigenvalue weighted by Crippen LogP contribution is 2.12. The Kier molecular flexibility index (Phi) is 6.51. The molecule has 0 unspecified atom stereocenters. The minimum Gasteiger partial charge on any atom is -0.385 e. The molecule has 0 atom stereocenters. The van der Waals surface area contributed by atoms with Gasteiger partial charge in [-0.2, -0.15) is 5.26 Å². The van der Waals surface area contributed by atoms with E-state index < -0.39 is 0 Å². The predicted molar refractivity (Wildman–Crippen MR) is 79.4 cm³/mol. The number of hydrogen-bond donors (Lipinski definition) is 1. The Bertz CT molecular complexity index is 479. The zero-order valence-corrected chi connectivity index (χ0v) is 12.4. The van der Waals surface area contributed by atoms with Crippen LogP contribution in [0.25, 0.3) is 0 Å². The molecule has 0 aromatic carbocycles. The molecule has 0 bridgehead atoms. The van der Waals surface area contributed by atoms with Crippen molar-refractivity contribution in [2.24, 2.45) is 0 Å². The first-order chi connectivity index (χ1) is 9.60. The topological polar surface area (TPSA) is 69.0 Å². The van der Waals surface area contributed by atoms with Gasteiger partial charge in [-0.3, -0.25) is 9.78 Å². The fourth-order valence-corrected chi connectivity index (χ4v) is 1.84. The third-order valence-electron chi connectivity index (χ3n) is 2.91. The van der Waals surface area contributed by atoms with E-state index in [1.54, 1.807) is 17.2 Å². The second-order valence-corrected chi connectivity index (χ2v) is 4.86. The number of rotatable bonds is 7. The van der Waals surface area contributed by atoms with E-state index in [0.717, 1.165) is 18.7 Å². The van der Waals surface area contributed by atoms with Crippen LogP contribution in [0.1, 0.15) is 44.1 Å². The monoisotopic (exact) mass is 274 g/mol. The number of nitrogens with one attached hydrogen (secondary N) is 1. The van der Waals surface area contributed by atoms with Gasteiger partial charge in [-0.1, -0.05) is 6.92 Å². The first-order valence-electron chi connectivity index (χ1n) is 6.98. The molecule has 1 aromatic heterocycles. The average molecular weight is 274 g/mol. The molecular formula is C15H22N4O. The molecule has 0 aliphatic heterocycles. The lowest BCUT2D eigenvalue weighted by atomic mass is 10.2. The molecule has 1 aromatic rings. The minimum absolute atomic E-state index is 0.0462. The maximum Gasteiger partial charge on any atom is 0.272 e. The summed E-state index contributed by atoms with van der Waals surface area (Å²) in [5.74, 6) is -0.129. The van der Waals surface area contributed by atoms with Gasteiger partial charge in [0.15, 0.2) is 0 Å². The van der Waals surface area contributed by atoms with Gasteiger partial charge >= 0.3 is 0 Å². The summed E-state index contributed by atoms with van der Waals surface area (Å²) in [5, 5.41) is 11.9. The number of amides is 1. The number of anilines is 1. The molecule has 108 valence electrons. The van der Waals surface area contributed by atoms with Crippen LogP contribution in [0.3, 0.4) is 0 Å². The van der Waals surface area contributed by atoms with Crippen molar-refractivity contribution in [1.29, 1.82) is 5.26 Å². The number of nitrogens with zero attached hydrogens (tertiary/aromatic N) is 3. The van der Waals surface area contributed by atoms with Gasteiger partial charge in [0, 0.05) is 31.0 Å². The van der Waals surface area contributed by atoms with Crippen LogP contribution in [0.15, 0.2) is 18.3 Å². The second kappa shape index (κ2) is 8.16. The number of hydrogen-bond acceptors (Lipinski definition) is 4. The smallest absolute Gasteiger partial charge is 0.272 e. The van der Waals surface area contributed by atoms with E-state index in [2.05, 4.69) is 23.3 Å². The fourth-order valence-electron chi connectivity index (χ4n) is 1.84. The second-order valence-electron chi connectivity index (χ2n) is 4.86. The molecular weight excluding hydrogens is 252 g/mol. The highest BCUT2D eigenvalue weighted by molar-refractivity contribution is 5.93. The summed E-state index contributed by atoms with van der Waals surface area (Å²) in [7, 11) is 0. The molecule has 0 saturated carbocycles. The summed E-state index contributed by atoms with van der Waals surface area (Å²) < 4.78 is 0. The maximum absolute atomic E-state index is 12.4. The van der Waals surface area contributed by atoms with Gasteiger partial charge in [-0.15, -0.1) is 0 Å². The summed E-state index contributed by atoms with van der Waals surface area (Å²) >= 11 is 0. The number of carbonyl (C=O) groups excluding carboxylic acids is 1. The highest BCUT2D eigenvalue weighted by atomic mass is 16.2. The largest absolute Gasteiger partial charge is 0.385 e. The molecule has 1 rings (SSSR count). The molecule has 5 heteroatoms. The molecule has 5 nitrogen and oxygen atoms in total. The Hall–Kier alpha value is -2.09. The lowest BCUT2D eigenvalue weighted by molar-refractivity contribution is 0.0704. The van der Waals surface area contributed by atoms with Crippen molar-refractivity contribution in [2.75, 3.05) is 18.4 Å². The molecule has 1 amide bonds. The summed E-state index contributed by atoms with van der Waals surface area (Å²) in [6.45, 7) is 7.26. The summed E-state index contributed by atoms with van der Waals surface area (Å²) in [6.07, 6.45) is 2.98. The Morgan fingerprint density at radius 2 is 2.30 bits per heavy atom. The Labute approximate surface area is 120 Å². The van der Waals surface area contributed by atoms with Crippen molar-refractivity contribution < 1.29 is 4.79 Å². The van der Waals surface area contributed by atoms with Gasteiger partial charge in [-0.25, -0.2) is 0 Å². The van der Waals surface area contributed by atoms with Gasteiger partial charge in [0.1, 0.15) is 5.69 Å². The zero-order valence-electron chi connectivity index (χ0n) is 12.4.